The summed E-state index contributed by atoms with van der Waals surface area (Å²) >= 11 is 0. The second-order valence-corrected chi connectivity index (χ2v) is 6.01. The second-order valence-electron chi connectivity index (χ2n) is 2.69. The van der Waals surface area contributed by atoms with Crippen LogP contribution in [0.2, 0.25) is 0 Å². The van der Waals surface area contributed by atoms with E-state index >= 15 is 0 Å². The van der Waals surface area contributed by atoms with Crippen molar-refractivity contribution in [2.24, 2.45) is 0 Å². The van der Waals surface area contributed by atoms with E-state index in [1.54, 1.807) is 6.07 Å². The molecule has 0 aliphatic carbocycles. The van der Waals surface area contributed by atoms with E-state index in [1.807, 2.05) is 0 Å². The zero-order valence-electron chi connectivity index (χ0n) is 8.24. The third-order valence-corrected chi connectivity index (χ3v) is 4.50. The average Bonchev–Trinajstić information content (AvgIpc) is 2.17. The van der Waals surface area contributed by atoms with Crippen LogP contribution in [0.1, 0.15) is 0 Å². The first-order valence-corrected chi connectivity index (χ1v) is 6.97. The van der Waals surface area contributed by atoms with Crippen LogP contribution in [0, 0.1) is 0 Å². The third-order valence-electron chi connectivity index (χ3n) is 1.47. The fraction of sp³-hybridized carbons (Fsp3) is 0.143. The number of hydrogen-bond donors (Lipinski definition) is 2. The van der Waals surface area contributed by atoms with Gasteiger partial charge in [-0.3, -0.25) is 4.84 Å². The van der Waals surface area contributed by atoms with Gasteiger partial charge in [0.25, 0.3) is 10.0 Å². The highest BCUT2D eigenvalue weighted by Crippen LogP contribution is 2.07. The molecule has 0 aromatic heterocycles. The normalized spacial score (nSPS) is 12.6. The molecule has 0 atom stereocenters. The summed E-state index contributed by atoms with van der Waals surface area (Å²) in [4.78, 5) is 5.50. The molecule has 1 aromatic carbocycles. The van der Waals surface area contributed by atoms with Gasteiger partial charge in [-0.15, -0.1) is 0 Å². The van der Waals surface area contributed by atoms with Crippen LogP contribution in [0.4, 0.5) is 0 Å². The lowest BCUT2D eigenvalue weighted by molar-refractivity contribution is 0.153. The number of sulfonamides is 1. The van der Waals surface area contributed by atoms with Crippen molar-refractivity contribution in [3.8, 4) is 0 Å². The van der Waals surface area contributed by atoms with Gasteiger partial charge >= 0.3 is 10.2 Å². The monoisotopic (exact) mass is 266 g/mol. The van der Waals surface area contributed by atoms with Crippen LogP contribution in [0.15, 0.2) is 35.2 Å². The van der Waals surface area contributed by atoms with Gasteiger partial charge in [0, 0.05) is 0 Å². The van der Waals surface area contributed by atoms with E-state index in [4.69, 9.17) is 0 Å². The van der Waals surface area contributed by atoms with Gasteiger partial charge in [-0.1, -0.05) is 27.2 Å². The van der Waals surface area contributed by atoms with Crippen LogP contribution in [0.3, 0.4) is 0 Å². The first-order valence-electron chi connectivity index (χ1n) is 4.01. The van der Waals surface area contributed by atoms with Gasteiger partial charge in [0.05, 0.1) is 12.0 Å². The van der Waals surface area contributed by atoms with Crippen LogP contribution >= 0.6 is 0 Å². The Morgan fingerprint density at radius 3 is 2.12 bits per heavy atom. The molecule has 0 spiro atoms. The third kappa shape index (κ3) is 3.54. The fourth-order valence-corrected chi connectivity index (χ4v) is 3.33. The molecule has 0 bridgehead atoms. The van der Waals surface area contributed by atoms with Crippen molar-refractivity contribution in [2.45, 2.75) is 4.90 Å². The van der Waals surface area contributed by atoms with Crippen molar-refractivity contribution in [3.63, 3.8) is 0 Å². The zero-order valence-corrected chi connectivity index (χ0v) is 9.88. The van der Waals surface area contributed by atoms with Crippen molar-refractivity contribution in [3.05, 3.63) is 30.3 Å². The molecule has 0 aliphatic heterocycles. The molecular weight excluding hydrogens is 256 g/mol. The Bertz CT molecular complexity index is 537. The lowest BCUT2D eigenvalue weighted by atomic mass is 10.4. The van der Waals surface area contributed by atoms with E-state index < -0.39 is 20.2 Å². The Labute approximate surface area is 93.6 Å². The largest absolute Gasteiger partial charge is 0.312 e. The minimum Gasteiger partial charge on any atom is -0.289 e. The lowest BCUT2D eigenvalue weighted by Crippen LogP contribution is -2.39. The van der Waals surface area contributed by atoms with Gasteiger partial charge in [-0.25, -0.2) is 8.42 Å². The van der Waals surface area contributed by atoms with Crippen LogP contribution in [0.5, 0.6) is 0 Å². The summed E-state index contributed by atoms with van der Waals surface area (Å²) in [5.74, 6) is 0. The topological polar surface area (TPSA) is 102 Å². The SMILES string of the molecule is CONS(=O)(=O)NS(=O)(=O)c1ccccc1. The Kier molecular flexibility index (Phi) is 3.99. The van der Waals surface area contributed by atoms with Gasteiger partial charge < -0.3 is 0 Å². The number of benzene rings is 1. The molecular formula is C7H10N2O5S2. The first-order chi connectivity index (χ1) is 7.37. The number of nitrogens with one attached hydrogen (secondary N) is 2. The molecule has 0 saturated heterocycles. The van der Waals surface area contributed by atoms with Crippen molar-refractivity contribution < 1.29 is 21.7 Å². The molecule has 1 rings (SSSR count). The quantitative estimate of drug-likeness (QED) is 0.690. The van der Waals surface area contributed by atoms with Gasteiger partial charge in [-0.05, 0) is 12.1 Å². The predicted molar refractivity (Wildman–Crippen MR) is 55.8 cm³/mol. The van der Waals surface area contributed by atoms with Gasteiger partial charge in [0.1, 0.15) is 0 Å². The summed E-state index contributed by atoms with van der Waals surface area (Å²) in [6.07, 6.45) is 0. The summed E-state index contributed by atoms with van der Waals surface area (Å²) in [5.41, 5.74) is 0. The first kappa shape index (κ1) is 13.1. The highest BCUT2D eigenvalue weighted by molar-refractivity contribution is 8.03. The van der Waals surface area contributed by atoms with Crippen molar-refractivity contribution in [1.82, 2.24) is 9.01 Å². The van der Waals surface area contributed by atoms with Gasteiger partial charge in [0.15, 0.2) is 0 Å². The van der Waals surface area contributed by atoms with Crippen molar-refractivity contribution in [1.29, 1.82) is 0 Å². The molecule has 16 heavy (non-hydrogen) atoms. The number of hydrogen-bond acceptors (Lipinski definition) is 5. The maximum atomic E-state index is 11.5. The molecule has 0 unspecified atom stereocenters. The van der Waals surface area contributed by atoms with Gasteiger partial charge in [-0.2, -0.15) is 8.42 Å². The highest BCUT2D eigenvalue weighted by Gasteiger charge is 2.21. The van der Waals surface area contributed by atoms with Gasteiger partial charge in [0.2, 0.25) is 0 Å². The summed E-state index contributed by atoms with van der Waals surface area (Å²) in [6.45, 7) is 0. The maximum Gasteiger partial charge on any atom is 0.312 e. The predicted octanol–water partition coefficient (Wildman–Crippen LogP) is -0.639. The Morgan fingerprint density at radius 2 is 1.62 bits per heavy atom. The molecule has 90 valence electrons. The molecule has 1 aromatic rings. The molecule has 0 radical (unpaired) electrons. The van der Waals surface area contributed by atoms with Crippen LogP contribution < -0.4 is 9.01 Å². The summed E-state index contributed by atoms with van der Waals surface area (Å²) in [5, 5.41) is 0. The molecule has 0 saturated carbocycles. The van der Waals surface area contributed by atoms with Crippen molar-refractivity contribution in [2.75, 3.05) is 7.11 Å². The summed E-state index contributed by atoms with van der Waals surface area (Å²) in [7, 11) is -7.32. The summed E-state index contributed by atoms with van der Waals surface area (Å²) in [6, 6.07) is 7.10. The van der Waals surface area contributed by atoms with E-state index in [2.05, 4.69) is 4.84 Å². The minimum atomic E-state index is -4.25. The van der Waals surface area contributed by atoms with Crippen LogP contribution in [-0.2, 0) is 25.1 Å². The van der Waals surface area contributed by atoms with E-state index in [0.29, 0.717) is 0 Å². The molecule has 2 N–H and O–H groups in total. The van der Waals surface area contributed by atoms with E-state index in [0.717, 1.165) is 7.11 Å². The molecule has 0 aliphatic rings. The van der Waals surface area contributed by atoms with E-state index in [-0.39, 0.29) is 4.90 Å². The number of rotatable bonds is 5. The summed E-state index contributed by atoms with van der Waals surface area (Å²) < 4.78 is 46.7. The van der Waals surface area contributed by atoms with E-state index in [9.17, 15) is 16.8 Å². The Morgan fingerprint density at radius 1 is 1.06 bits per heavy atom. The highest BCUT2D eigenvalue weighted by atomic mass is 32.3. The average molecular weight is 266 g/mol. The standard InChI is InChI=1S/C7H10N2O5S2/c1-14-8-16(12,13)9-15(10,11)7-5-3-2-4-6-7/h2-6,8-9H,1H3. The maximum absolute atomic E-state index is 11.5. The van der Waals surface area contributed by atoms with Crippen molar-refractivity contribution >= 4 is 20.2 Å². The lowest BCUT2D eigenvalue weighted by Gasteiger charge is -2.06. The Hall–Kier alpha value is -1.00. The zero-order chi connectivity index (χ0) is 12.2. The van der Waals surface area contributed by atoms with E-state index in [1.165, 1.54) is 33.3 Å². The molecule has 9 heteroatoms. The van der Waals surface area contributed by atoms with Crippen LogP contribution in [-0.4, -0.2) is 23.9 Å². The Balaban J connectivity index is 2.98. The smallest absolute Gasteiger partial charge is 0.289 e. The van der Waals surface area contributed by atoms with Crippen LogP contribution in [0.25, 0.3) is 0 Å². The molecule has 0 fully saturated rings. The minimum absolute atomic E-state index is 0.156. The molecule has 0 heterocycles. The second kappa shape index (κ2) is 4.89. The molecule has 7 nitrogen and oxygen atoms in total. The molecule has 0 amide bonds. The fourth-order valence-electron chi connectivity index (χ4n) is 0.919.